The van der Waals surface area contributed by atoms with E-state index >= 15 is 0 Å². The van der Waals surface area contributed by atoms with Gasteiger partial charge in [0, 0.05) is 23.4 Å². The Hall–Kier alpha value is -1.02. The molecule has 6 nitrogen and oxygen atoms in total. The second kappa shape index (κ2) is 8.38. The molecule has 1 aliphatic rings. The van der Waals surface area contributed by atoms with E-state index < -0.39 is 20.5 Å². The Morgan fingerprint density at radius 1 is 1.38 bits per heavy atom. The lowest BCUT2D eigenvalue weighted by molar-refractivity contribution is -0.124. The second-order valence-corrected chi connectivity index (χ2v) is 8.42. The molecule has 0 bridgehead atoms. The van der Waals surface area contributed by atoms with Crippen LogP contribution < -0.4 is 15.4 Å². The van der Waals surface area contributed by atoms with Crippen molar-refractivity contribution in [2.24, 2.45) is 0 Å². The Labute approximate surface area is 153 Å². The van der Waals surface area contributed by atoms with Gasteiger partial charge in [-0.15, -0.1) is 12.4 Å². The van der Waals surface area contributed by atoms with Gasteiger partial charge in [0.2, 0.25) is 5.91 Å². The van der Waals surface area contributed by atoms with Crippen LogP contribution in [0, 0.1) is 0 Å². The third-order valence-electron chi connectivity index (χ3n) is 4.22. The van der Waals surface area contributed by atoms with Gasteiger partial charge in [-0.1, -0.05) is 17.7 Å². The molecule has 1 heterocycles. The number of methoxy groups -OCH3 is 1. The summed E-state index contributed by atoms with van der Waals surface area (Å²) in [6.07, 6.45) is 1.67. The van der Waals surface area contributed by atoms with Crippen molar-refractivity contribution in [3.8, 4) is 5.75 Å². The number of piperidine rings is 1. The fourth-order valence-electron chi connectivity index (χ4n) is 2.80. The number of sulfone groups is 1. The Bertz CT molecular complexity index is 689. The number of hydrogen-bond acceptors (Lipinski definition) is 5. The van der Waals surface area contributed by atoms with E-state index in [0.29, 0.717) is 23.9 Å². The van der Waals surface area contributed by atoms with Crippen molar-refractivity contribution < 1.29 is 17.9 Å². The van der Waals surface area contributed by atoms with Crippen molar-refractivity contribution in [1.82, 2.24) is 10.6 Å². The van der Waals surface area contributed by atoms with Crippen molar-refractivity contribution in [3.63, 3.8) is 0 Å². The van der Waals surface area contributed by atoms with Crippen LogP contribution >= 0.6 is 24.0 Å². The first-order valence-corrected chi connectivity index (χ1v) is 9.58. The van der Waals surface area contributed by atoms with Crippen LogP contribution in [0.4, 0.5) is 0 Å². The van der Waals surface area contributed by atoms with Crippen molar-refractivity contribution in [2.75, 3.05) is 26.5 Å². The highest BCUT2D eigenvalue weighted by atomic mass is 35.5. The number of nitrogens with one attached hydrogen (secondary N) is 2. The van der Waals surface area contributed by atoms with E-state index in [1.54, 1.807) is 18.2 Å². The third kappa shape index (κ3) is 4.33. The van der Waals surface area contributed by atoms with Crippen LogP contribution in [0.25, 0.3) is 0 Å². The molecule has 2 N–H and O–H groups in total. The number of rotatable bonds is 5. The maximum atomic E-state index is 12.6. The zero-order valence-corrected chi connectivity index (χ0v) is 16.0. The van der Waals surface area contributed by atoms with Gasteiger partial charge in [-0.2, -0.15) is 0 Å². The Kier molecular flexibility index (Phi) is 7.34. The molecule has 0 saturated carbocycles. The van der Waals surface area contributed by atoms with Crippen LogP contribution in [0.5, 0.6) is 5.75 Å². The highest BCUT2D eigenvalue weighted by molar-refractivity contribution is 7.92. The van der Waals surface area contributed by atoms with Crippen LogP contribution in [-0.4, -0.2) is 45.5 Å². The maximum absolute atomic E-state index is 12.6. The molecule has 1 aromatic rings. The van der Waals surface area contributed by atoms with Crippen LogP contribution in [0.3, 0.4) is 0 Å². The molecule has 1 aliphatic heterocycles. The third-order valence-corrected chi connectivity index (χ3v) is 6.47. The van der Waals surface area contributed by atoms with Gasteiger partial charge in [0.25, 0.3) is 0 Å². The number of ether oxygens (including phenoxy) is 1. The number of hydrogen-bond donors (Lipinski definition) is 2. The summed E-state index contributed by atoms with van der Waals surface area (Å²) in [5.74, 6) is 0.0926. The maximum Gasteiger partial charge on any atom is 0.241 e. The predicted octanol–water partition coefficient (Wildman–Crippen LogP) is 1.55. The molecule has 2 rings (SSSR count). The molecule has 1 amide bonds. The molecule has 9 heteroatoms. The van der Waals surface area contributed by atoms with Crippen LogP contribution in [0.15, 0.2) is 18.2 Å². The van der Waals surface area contributed by atoms with E-state index in [9.17, 15) is 13.2 Å². The van der Waals surface area contributed by atoms with Crippen LogP contribution in [0.2, 0.25) is 5.02 Å². The van der Waals surface area contributed by atoms with Gasteiger partial charge in [0.1, 0.15) is 5.75 Å². The lowest BCUT2D eigenvalue weighted by Gasteiger charge is -2.34. The van der Waals surface area contributed by atoms with Gasteiger partial charge >= 0.3 is 0 Å². The highest BCUT2D eigenvalue weighted by Gasteiger charge is 2.48. The number of halogens is 2. The van der Waals surface area contributed by atoms with Crippen molar-refractivity contribution in [1.29, 1.82) is 0 Å². The molecule has 0 radical (unpaired) electrons. The SMILES string of the molecule is COc1cc(Cl)ccc1CNC(=O)C1(S(C)(=O)=O)CCNCC1.Cl. The minimum atomic E-state index is -3.52. The van der Waals surface area contributed by atoms with E-state index in [1.807, 2.05) is 0 Å². The number of carbonyl (C=O) groups excluding carboxylic acids is 1. The van der Waals surface area contributed by atoms with Crippen molar-refractivity contribution in [2.45, 2.75) is 24.1 Å². The molecule has 1 fully saturated rings. The summed E-state index contributed by atoms with van der Waals surface area (Å²) >= 11 is 5.91. The summed E-state index contributed by atoms with van der Waals surface area (Å²) in [6.45, 7) is 1.19. The van der Waals surface area contributed by atoms with Crippen molar-refractivity contribution in [3.05, 3.63) is 28.8 Å². The molecule has 0 aromatic heterocycles. The summed E-state index contributed by atoms with van der Waals surface area (Å²) in [6, 6.07) is 5.10. The highest BCUT2D eigenvalue weighted by Crippen LogP contribution is 2.29. The van der Waals surface area contributed by atoms with E-state index in [2.05, 4.69) is 10.6 Å². The average molecular weight is 397 g/mol. The van der Waals surface area contributed by atoms with Crippen molar-refractivity contribution >= 4 is 39.8 Å². The average Bonchev–Trinajstić information content (AvgIpc) is 2.52. The Balaban J connectivity index is 0.00000288. The zero-order chi connectivity index (χ0) is 17.1. The van der Waals surface area contributed by atoms with E-state index in [4.69, 9.17) is 16.3 Å². The van der Waals surface area contributed by atoms with E-state index in [1.165, 1.54) is 7.11 Å². The first kappa shape index (κ1) is 21.0. The van der Waals surface area contributed by atoms with E-state index in [0.717, 1.165) is 11.8 Å². The molecule has 0 unspecified atom stereocenters. The molecule has 1 aromatic carbocycles. The monoisotopic (exact) mass is 396 g/mol. The standard InChI is InChI=1S/C15H21ClN2O4S.ClH/c1-22-13-9-12(16)4-3-11(13)10-18-14(19)15(23(2,20)21)5-7-17-8-6-15;/h3-4,9,17H,5-8,10H2,1-2H3,(H,18,19);1H. The minimum Gasteiger partial charge on any atom is -0.496 e. The quantitative estimate of drug-likeness (QED) is 0.788. The fraction of sp³-hybridized carbons (Fsp3) is 0.533. The topological polar surface area (TPSA) is 84.5 Å². The number of amides is 1. The normalized spacial score (nSPS) is 16.8. The first-order chi connectivity index (χ1) is 10.8. The molecule has 0 spiro atoms. The van der Waals surface area contributed by atoms with Gasteiger partial charge in [0.15, 0.2) is 14.6 Å². The summed E-state index contributed by atoms with van der Waals surface area (Å²) in [5.41, 5.74) is 0.739. The van der Waals surface area contributed by atoms with Crippen LogP contribution in [-0.2, 0) is 21.2 Å². The largest absolute Gasteiger partial charge is 0.496 e. The molecule has 1 saturated heterocycles. The Morgan fingerprint density at radius 2 is 2.00 bits per heavy atom. The van der Waals surface area contributed by atoms with Gasteiger partial charge in [-0.3, -0.25) is 4.79 Å². The molecule has 24 heavy (non-hydrogen) atoms. The lowest BCUT2D eigenvalue weighted by atomic mass is 9.95. The first-order valence-electron chi connectivity index (χ1n) is 7.31. The van der Waals surface area contributed by atoms with Gasteiger partial charge < -0.3 is 15.4 Å². The summed E-state index contributed by atoms with van der Waals surface area (Å²) in [4.78, 5) is 12.6. The molecule has 0 aliphatic carbocycles. The molecular formula is C15H22Cl2N2O4S. The summed E-state index contributed by atoms with van der Waals surface area (Å²) in [7, 11) is -2.00. The molecular weight excluding hydrogens is 375 g/mol. The molecule has 0 atom stereocenters. The molecule has 136 valence electrons. The van der Waals surface area contributed by atoms with Gasteiger partial charge in [0.05, 0.1) is 7.11 Å². The minimum absolute atomic E-state index is 0. The number of carbonyl (C=O) groups is 1. The number of benzene rings is 1. The second-order valence-electron chi connectivity index (χ2n) is 5.66. The van der Waals surface area contributed by atoms with Crippen LogP contribution in [0.1, 0.15) is 18.4 Å². The lowest BCUT2D eigenvalue weighted by Crippen LogP contribution is -2.57. The van der Waals surface area contributed by atoms with E-state index in [-0.39, 0.29) is 31.8 Å². The predicted molar refractivity (Wildman–Crippen MR) is 96.8 cm³/mol. The van der Waals surface area contributed by atoms with Gasteiger partial charge in [-0.05, 0) is 38.1 Å². The zero-order valence-electron chi connectivity index (χ0n) is 13.6. The Morgan fingerprint density at radius 3 is 2.54 bits per heavy atom. The summed E-state index contributed by atoms with van der Waals surface area (Å²) < 4.78 is 28.3. The smallest absolute Gasteiger partial charge is 0.241 e. The van der Waals surface area contributed by atoms with Gasteiger partial charge in [-0.25, -0.2) is 8.42 Å². The fourth-order valence-corrected chi connectivity index (χ4v) is 4.31. The summed E-state index contributed by atoms with van der Waals surface area (Å²) in [5, 5.41) is 6.36.